The standard InChI is InChI=1S/C12H17NO3/c1-7-5-9(10(14)6-13-3)11(15)12(16-4)8(7)2/h5,13,15H,6H2,1-4H3. The summed E-state index contributed by atoms with van der Waals surface area (Å²) in [7, 11) is 3.17. The van der Waals surface area contributed by atoms with Crippen molar-refractivity contribution in [3.8, 4) is 11.5 Å². The molecule has 1 aromatic carbocycles. The van der Waals surface area contributed by atoms with Crippen LogP contribution in [-0.2, 0) is 0 Å². The smallest absolute Gasteiger partial charge is 0.180 e. The van der Waals surface area contributed by atoms with Gasteiger partial charge in [0.05, 0.1) is 19.2 Å². The third-order valence-electron chi connectivity index (χ3n) is 2.61. The van der Waals surface area contributed by atoms with Crippen LogP contribution in [0.1, 0.15) is 21.5 Å². The van der Waals surface area contributed by atoms with Crippen molar-refractivity contribution in [1.29, 1.82) is 0 Å². The minimum absolute atomic E-state index is 0.0779. The predicted octanol–water partition coefficient (Wildman–Crippen LogP) is 1.42. The first-order chi connectivity index (χ1) is 7.52. The number of ether oxygens (including phenoxy) is 1. The molecule has 0 aliphatic heterocycles. The van der Waals surface area contributed by atoms with Crippen molar-refractivity contribution in [3.05, 3.63) is 22.8 Å². The van der Waals surface area contributed by atoms with Crippen LogP contribution in [0.15, 0.2) is 6.07 Å². The zero-order valence-electron chi connectivity index (χ0n) is 10.0. The zero-order chi connectivity index (χ0) is 12.3. The first-order valence-electron chi connectivity index (χ1n) is 5.07. The Morgan fingerprint density at radius 1 is 1.50 bits per heavy atom. The van der Waals surface area contributed by atoms with Crippen molar-refractivity contribution in [2.24, 2.45) is 0 Å². The SMILES string of the molecule is CNCC(=O)c1cc(C)c(C)c(OC)c1O. The summed E-state index contributed by atoms with van der Waals surface area (Å²) in [6, 6.07) is 1.69. The predicted molar refractivity (Wildman–Crippen MR) is 62.4 cm³/mol. The Bertz CT molecular complexity index is 413. The molecule has 1 aromatic rings. The Hall–Kier alpha value is -1.55. The van der Waals surface area contributed by atoms with Crippen LogP contribution >= 0.6 is 0 Å². The highest BCUT2D eigenvalue weighted by molar-refractivity contribution is 6.01. The summed E-state index contributed by atoms with van der Waals surface area (Å²) in [6.45, 7) is 3.92. The molecule has 0 atom stereocenters. The summed E-state index contributed by atoms with van der Waals surface area (Å²) in [4.78, 5) is 11.7. The van der Waals surface area contributed by atoms with E-state index in [1.54, 1.807) is 13.1 Å². The number of ketones is 1. The zero-order valence-corrected chi connectivity index (χ0v) is 10.0. The molecular formula is C12H17NO3. The van der Waals surface area contributed by atoms with Crippen LogP contribution in [-0.4, -0.2) is 31.6 Å². The molecule has 0 bridgehead atoms. The minimum atomic E-state index is -0.151. The molecule has 0 aliphatic carbocycles. The highest BCUT2D eigenvalue weighted by Crippen LogP contribution is 2.35. The lowest BCUT2D eigenvalue weighted by Gasteiger charge is -2.13. The number of methoxy groups -OCH3 is 1. The summed E-state index contributed by atoms with van der Waals surface area (Å²) in [5.74, 6) is 0.145. The van der Waals surface area contributed by atoms with Crippen LogP contribution < -0.4 is 10.1 Å². The van der Waals surface area contributed by atoms with Gasteiger partial charge in [0.1, 0.15) is 0 Å². The third-order valence-corrected chi connectivity index (χ3v) is 2.61. The highest BCUT2D eigenvalue weighted by atomic mass is 16.5. The molecule has 4 heteroatoms. The van der Waals surface area contributed by atoms with Gasteiger partial charge in [-0.25, -0.2) is 0 Å². The molecule has 16 heavy (non-hydrogen) atoms. The lowest BCUT2D eigenvalue weighted by atomic mass is 10.0. The van der Waals surface area contributed by atoms with Crippen molar-refractivity contribution in [1.82, 2.24) is 5.32 Å². The van der Waals surface area contributed by atoms with E-state index in [0.717, 1.165) is 11.1 Å². The Morgan fingerprint density at radius 3 is 2.62 bits per heavy atom. The first-order valence-corrected chi connectivity index (χ1v) is 5.07. The van der Waals surface area contributed by atoms with Crippen molar-refractivity contribution in [3.63, 3.8) is 0 Å². The monoisotopic (exact) mass is 223 g/mol. The molecule has 0 aromatic heterocycles. The Balaban J connectivity index is 3.31. The van der Waals surface area contributed by atoms with Gasteiger partial charge >= 0.3 is 0 Å². The fourth-order valence-electron chi connectivity index (χ4n) is 1.59. The maximum atomic E-state index is 11.7. The number of phenols is 1. The van der Waals surface area contributed by atoms with Crippen LogP contribution in [0.5, 0.6) is 11.5 Å². The third kappa shape index (κ3) is 2.17. The van der Waals surface area contributed by atoms with E-state index in [0.29, 0.717) is 11.3 Å². The van der Waals surface area contributed by atoms with Gasteiger partial charge < -0.3 is 15.2 Å². The van der Waals surface area contributed by atoms with E-state index in [2.05, 4.69) is 5.32 Å². The molecule has 1 rings (SSSR count). The maximum absolute atomic E-state index is 11.7. The van der Waals surface area contributed by atoms with Crippen LogP contribution in [0, 0.1) is 13.8 Å². The fraction of sp³-hybridized carbons (Fsp3) is 0.417. The topological polar surface area (TPSA) is 58.6 Å². The average molecular weight is 223 g/mol. The largest absolute Gasteiger partial charge is 0.504 e. The second-order valence-electron chi connectivity index (χ2n) is 3.70. The lowest BCUT2D eigenvalue weighted by Crippen LogP contribution is -2.19. The van der Waals surface area contributed by atoms with Crippen molar-refractivity contribution in [2.45, 2.75) is 13.8 Å². The highest BCUT2D eigenvalue weighted by Gasteiger charge is 2.18. The Labute approximate surface area is 95.2 Å². The molecule has 0 fully saturated rings. The molecule has 0 spiro atoms. The normalized spacial score (nSPS) is 10.2. The van der Waals surface area contributed by atoms with Gasteiger partial charge in [0.25, 0.3) is 0 Å². The number of hydrogen-bond acceptors (Lipinski definition) is 4. The molecular weight excluding hydrogens is 206 g/mol. The number of benzene rings is 1. The number of rotatable bonds is 4. The van der Waals surface area contributed by atoms with Gasteiger partial charge in [-0.05, 0) is 38.1 Å². The number of phenolic OH excluding ortho intramolecular Hbond substituents is 1. The van der Waals surface area contributed by atoms with Gasteiger partial charge in [0, 0.05) is 0 Å². The number of nitrogens with one attached hydrogen (secondary N) is 1. The lowest BCUT2D eigenvalue weighted by molar-refractivity contribution is 0.0990. The van der Waals surface area contributed by atoms with Gasteiger partial charge in [-0.2, -0.15) is 0 Å². The molecule has 0 unspecified atom stereocenters. The van der Waals surface area contributed by atoms with Gasteiger partial charge in [0.2, 0.25) is 0 Å². The number of Topliss-reactive ketones (excluding diaryl/α,β-unsaturated/α-hetero) is 1. The van der Waals surface area contributed by atoms with Crippen LogP contribution in [0.3, 0.4) is 0 Å². The van der Waals surface area contributed by atoms with Crippen molar-refractivity contribution < 1.29 is 14.6 Å². The first kappa shape index (κ1) is 12.5. The van der Waals surface area contributed by atoms with E-state index < -0.39 is 0 Å². The van der Waals surface area contributed by atoms with Gasteiger partial charge in [-0.3, -0.25) is 4.79 Å². The quantitative estimate of drug-likeness (QED) is 0.758. The number of hydrogen-bond donors (Lipinski definition) is 2. The summed E-state index contributed by atoms with van der Waals surface area (Å²) in [6.07, 6.45) is 0. The van der Waals surface area contributed by atoms with E-state index in [-0.39, 0.29) is 18.1 Å². The van der Waals surface area contributed by atoms with E-state index in [1.807, 2.05) is 13.8 Å². The molecule has 0 radical (unpaired) electrons. The maximum Gasteiger partial charge on any atom is 0.180 e. The summed E-state index contributed by atoms with van der Waals surface area (Å²) in [5, 5.41) is 12.7. The Kier molecular flexibility index (Phi) is 3.90. The van der Waals surface area contributed by atoms with Crippen molar-refractivity contribution >= 4 is 5.78 Å². The van der Waals surface area contributed by atoms with Crippen LogP contribution in [0.25, 0.3) is 0 Å². The summed E-state index contributed by atoms with van der Waals surface area (Å²) in [5.41, 5.74) is 2.07. The molecule has 0 aliphatic rings. The van der Waals surface area contributed by atoms with E-state index in [1.165, 1.54) is 7.11 Å². The van der Waals surface area contributed by atoms with E-state index in [4.69, 9.17) is 4.74 Å². The minimum Gasteiger partial charge on any atom is -0.504 e. The molecule has 0 saturated heterocycles. The molecule has 0 heterocycles. The Morgan fingerprint density at radius 2 is 2.12 bits per heavy atom. The molecule has 4 nitrogen and oxygen atoms in total. The van der Waals surface area contributed by atoms with E-state index in [9.17, 15) is 9.90 Å². The van der Waals surface area contributed by atoms with Crippen LogP contribution in [0.2, 0.25) is 0 Å². The van der Waals surface area contributed by atoms with Gasteiger partial charge in [-0.1, -0.05) is 0 Å². The van der Waals surface area contributed by atoms with Gasteiger partial charge in [-0.15, -0.1) is 0 Å². The van der Waals surface area contributed by atoms with Crippen LogP contribution in [0.4, 0.5) is 0 Å². The number of likely N-dealkylation sites (N-methyl/N-ethyl adjacent to an activating group) is 1. The number of aryl methyl sites for hydroxylation is 1. The molecule has 0 saturated carbocycles. The summed E-state index contributed by atoms with van der Waals surface area (Å²) < 4.78 is 5.10. The van der Waals surface area contributed by atoms with E-state index >= 15 is 0 Å². The van der Waals surface area contributed by atoms with Gasteiger partial charge in [0.15, 0.2) is 17.3 Å². The molecule has 2 N–H and O–H groups in total. The second-order valence-corrected chi connectivity index (χ2v) is 3.70. The number of carbonyl (C=O) groups is 1. The fourth-order valence-corrected chi connectivity index (χ4v) is 1.59. The summed E-state index contributed by atoms with van der Waals surface area (Å²) >= 11 is 0. The average Bonchev–Trinajstić information content (AvgIpc) is 2.24. The van der Waals surface area contributed by atoms with Crippen molar-refractivity contribution in [2.75, 3.05) is 20.7 Å². The second kappa shape index (κ2) is 4.99. The molecule has 0 amide bonds. The molecule has 88 valence electrons. The number of carbonyl (C=O) groups excluding carboxylic acids is 1. The number of aromatic hydroxyl groups is 1.